The predicted octanol–water partition coefficient (Wildman–Crippen LogP) is -6.47. The quantitative estimate of drug-likeness (QED) is 0.0492. The number of carboxylic acids is 1. The van der Waals surface area contributed by atoms with Gasteiger partial charge in [0.15, 0.2) is 5.96 Å². The third-order valence-corrected chi connectivity index (χ3v) is 4.39. The van der Waals surface area contributed by atoms with Crippen molar-refractivity contribution in [3.05, 3.63) is 0 Å². The molecule has 4 unspecified atom stereocenters. The molecular weight excluding hydrogens is 484 g/mol. The van der Waals surface area contributed by atoms with Gasteiger partial charge in [0, 0.05) is 6.54 Å². The number of rotatable bonds is 17. The zero-order valence-corrected chi connectivity index (χ0v) is 19.3. The second kappa shape index (κ2) is 15.4. The average molecular weight is 517 g/mol. The molecule has 16 N–H and O–H groups in total. The number of carbonyl (C=O) groups is 7. The van der Waals surface area contributed by atoms with Gasteiger partial charge >= 0.3 is 5.97 Å². The van der Waals surface area contributed by atoms with Crippen LogP contribution in [0.15, 0.2) is 4.99 Å². The standard InChI is InChI=1S/C18H32N10O8/c19-7(4-11(20)29)14(32)26-8(2-1-3-25-18(23)24)15(33)27-9(5-12(21)30)16(34)28-10(17(35)36)6-13(22)31/h7-10H,1-6,19H2,(H2,20,29)(H2,21,30)(H2,22,31)(H,26,32)(H,27,33)(H,28,34)(H,35,36)(H4,23,24,25). The Bertz CT molecular complexity index is 889. The van der Waals surface area contributed by atoms with E-state index in [1.807, 2.05) is 5.32 Å². The zero-order chi connectivity index (χ0) is 28.0. The molecule has 0 aromatic carbocycles. The first kappa shape index (κ1) is 31.5. The minimum Gasteiger partial charge on any atom is -0.480 e. The molecule has 0 radical (unpaired) electrons. The second-order valence-electron chi connectivity index (χ2n) is 7.59. The number of hydrogen-bond acceptors (Lipinski definition) is 9. The van der Waals surface area contributed by atoms with Crippen molar-refractivity contribution < 1.29 is 38.7 Å². The van der Waals surface area contributed by atoms with Crippen LogP contribution in [0.25, 0.3) is 0 Å². The van der Waals surface area contributed by atoms with Crippen molar-refractivity contribution in [3.8, 4) is 0 Å². The highest BCUT2D eigenvalue weighted by Gasteiger charge is 2.31. The Morgan fingerprint density at radius 1 is 0.667 bits per heavy atom. The average Bonchev–Trinajstić information content (AvgIpc) is 2.73. The lowest BCUT2D eigenvalue weighted by atomic mass is 10.1. The Labute approximate surface area is 204 Å². The van der Waals surface area contributed by atoms with E-state index >= 15 is 0 Å². The predicted molar refractivity (Wildman–Crippen MR) is 123 cm³/mol. The van der Waals surface area contributed by atoms with Gasteiger partial charge < -0.3 is 55.5 Å². The normalized spacial score (nSPS) is 13.7. The lowest BCUT2D eigenvalue weighted by molar-refractivity contribution is -0.144. The van der Waals surface area contributed by atoms with E-state index < -0.39 is 84.8 Å². The van der Waals surface area contributed by atoms with Crippen molar-refractivity contribution in [2.24, 2.45) is 39.4 Å². The summed E-state index contributed by atoms with van der Waals surface area (Å²) in [4.78, 5) is 86.3. The summed E-state index contributed by atoms with van der Waals surface area (Å²) in [5.41, 5.74) is 31.1. The molecule has 202 valence electrons. The van der Waals surface area contributed by atoms with E-state index in [9.17, 15) is 33.6 Å². The van der Waals surface area contributed by atoms with Crippen molar-refractivity contribution in [2.75, 3.05) is 6.54 Å². The van der Waals surface area contributed by atoms with Gasteiger partial charge in [-0.05, 0) is 12.8 Å². The number of guanidine groups is 1. The first-order valence-corrected chi connectivity index (χ1v) is 10.4. The molecule has 18 heteroatoms. The van der Waals surface area contributed by atoms with Gasteiger partial charge in [-0.25, -0.2) is 4.79 Å². The molecule has 6 amide bonds. The SMILES string of the molecule is NC(=O)CC(N)C(=O)NC(CCCN=C(N)N)C(=O)NC(CC(N)=O)C(=O)NC(CC(N)=O)C(=O)O. The lowest BCUT2D eigenvalue weighted by Gasteiger charge is -2.24. The van der Waals surface area contributed by atoms with Gasteiger partial charge in [0.05, 0.1) is 25.3 Å². The van der Waals surface area contributed by atoms with Gasteiger partial charge in [-0.2, -0.15) is 0 Å². The summed E-state index contributed by atoms with van der Waals surface area (Å²) < 4.78 is 0. The molecule has 4 atom stereocenters. The van der Waals surface area contributed by atoms with E-state index in [4.69, 9.17) is 39.5 Å². The third-order valence-electron chi connectivity index (χ3n) is 4.39. The molecule has 0 aliphatic carbocycles. The van der Waals surface area contributed by atoms with Crippen molar-refractivity contribution in [1.29, 1.82) is 0 Å². The molecule has 0 aromatic heterocycles. The first-order valence-electron chi connectivity index (χ1n) is 10.4. The van der Waals surface area contributed by atoms with Crippen LogP contribution >= 0.6 is 0 Å². The van der Waals surface area contributed by atoms with E-state index in [1.54, 1.807) is 0 Å². The van der Waals surface area contributed by atoms with Crippen LogP contribution in [0.1, 0.15) is 32.1 Å². The Morgan fingerprint density at radius 2 is 1.11 bits per heavy atom. The molecule has 0 aliphatic heterocycles. The van der Waals surface area contributed by atoms with Crippen LogP contribution < -0.4 is 50.4 Å². The number of carbonyl (C=O) groups excluding carboxylic acids is 6. The topological polar surface area (TPSA) is 344 Å². The number of primary amides is 3. The summed E-state index contributed by atoms with van der Waals surface area (Å²) in [6.07, 6.45) is -1.96. The number of nitrogens with one attached hydrogen (secondary N) is 3. The smallest absolute Gasteiger partial charge is 0.326 e. The number of amides is 6. The Kier molecular flexibility index (Phi) is 13.5. The van der Waals surface area contributed by atoms with Crippen molar-refractivity contribution in [1.82, 2.24) is 16.0 Å². The van der Waals surface area contributed by atoms with Crippen LogP contribution in [0.5, 0.6) is 0 Å². The largest absolute Gasteiger partial charge is 0.480 e. The third kappa shape index (κ3) is 13.3. The Balaban J connectivity index is 5.67. The fourth-order valence-corrected chi connectivity index (χ4v) is 2.72. The Morgan fingerprint density at radius 3 is 1.58 bits per heavy atom. The van der Waals surface area contributed by atoms with Gasteiger partial charge in [0.1, 0.15) is 18.1 Å². The molecule has 0 bridgehead atoms. The highest BCUT2D eigenvalue weighted by molar-refractivity contribution is 5.97. The van der Waals surface area contributed by atoms with E-state index in [2.05, 4.69) is 15.6 Å². The van der Waals surface area contributed by atoms with Gasteiger partial charge in [0.2, 0.25) is 35.4 Å². The maximum Gasteiger partial charge on any atom is 0.326 e. The first-order chi connectivity index (χ1) is 16.6. The summed E-state index contributed by atoms with van der Waals surface area (Å²) in [6.45, 7) is 0.0634. The van der Waals surface area contributed by atoms with E-state index in [0.29, 0.717) is 0 Å². The van der Waals surface area contributed by atoms with Gasteiger partial charge in [-0.3, -0.25) is 33.8 Å². The molecule has 0 fully saturated rings. The molecule has 18 nitrogen and oxygen atoms in total. The summed E-state index contributed by atoms with van der Waals surface area (Å²) in [5, 5.41) is 15.6. The fourth-order valence-electron chi connectivity index (χ4n) is 2.72. The molecule has 0 aromatic rings. The fraction of sp³-hybridized carbons (Fsp3) is 0.556. The molecule has 0 rings (SSSR count). The molecule has 36 heavy (non-hydrogen) atoms. The summed E-state index contributed by atoms with van der Waals surface area (Å²) >= 11 is 0. The van der Waals surface area contributed by atoms with Crippen molar-refractivity contribution >= 4 is 47.4 Å². The maximum atomic E-state index is 12.9. The van der Waals surface area contributed by atoms with E-state index in [-0.39, 0.29) is 25.3 Å². The van der Waals surface area contributed by atoms with Crippen molar-refractivity contribution in [2.45, 2.75) is 56.3 Å². The highest BCUT2D eigenvalue weighted by Crippen LogP contribution is 2.04. The van der Waals surface area contributed by atoms with Crippen LogP contribution in [-0.4, -0.2) is 83.2 Å². The highest BCUT2D eigenvalue weighted by atomic mass is 16.4. The second-order valence-corrected chi connectivity index (χ2v) is 7.59. The van der Waals surface area contributed by atoms with Gasteiger partial charge in [-0.1, -0.05) is 0 Å². The van der Waals surface area contributed by atoms with E-state index in [1.165, 1.54) is 0 Å². The molecule has 0 spiro atoms. The van der Waals surface area contributed by atoms with E-state index in [0.717, 1.165) is 0 Å². The van der Waals surface area contributed by atoms with Crippen molar-refractivity contribution in [3.63, 3.8) is 0 Å². The Hall–Kier alpha value is -4.48. The molecular formula is C18H32N10O8. The van der Waals surface area contributed by atoms with Crippen LogP contribution in [-0.2, 0) is 33.6 Å². The number of nitrogens with zero attached hydrogens (tertiary/aromatic N) is 1. The van der Waals surface area contributed by atoms with Gasteiger partial charge in [-0.15, -0.1) is 0 Å². The number of hydrogen-bond donors (Lipinski definition) is 10. The number of carboxylic acid groups (broad SMARTS) is 1. The van der Waals surface area contributed by atoms with Gasteiger partial charge in [0.25, 0.3) is 0 Å². The van der Waals surface area contributed by atoms with Crippen LogP contribution in [0, 0.1) is 0 Å². The monoisotopic (exact) mass is 516 g/mol. The summed E-state index contributed by atoms with van der Waals surface area (Å²) in [5.74, 6) is -7.81. The lowest BCUT2D eigenvalue weighted by Crippen LogP contribution is -2.58. The minimum absolute atomic E-state index is 0.0634. The molecule has 0 saturated heterocycles. The van der Waals surface area contributed by atoms with Crippen LogP contribution in [0.2, 0.25) is 0 Å². The maximum absolute atomic E-state index is 12.9. The minimum atomic E-state index is -1.75. The summed E-state index contributed by atoms with van der Waals surface area (Å²) in [6, 6.07) is -6.16. The van der Waals surface area contributed by atoms with Crippen LogP contribution in [0.4, 0.5) is 0 Å². The number of nitrogens with two attached hydrogens (primary N) is 6. The zero-order valence-electron chi connectivity index (χ0n) is 19.3. The van der Waals surface area contributed by atoms with Crippen LogP contribution in [0.3, 0.4) is 0 Å². The number of aliphatic carboxylic acids is 1. The number of aliphatic imine (C=N–C) groups is 1. The molecule has 0 aliphatic rings. The molecule has 0 saturated carbocycles. The summed E-state index contributed by atoms with van der Waals surface area (Å²) in [7, 11) is 0. The molecule has 0 heterocycles.